The van der Waals surface area contributed by atoms with E-state index in [0.29, 0.717) is 17.1 Å². The first kappa shape index (κ1) is 20.4. The van der Waals surface area contributed by atoms with E-state index in [-0.39, 0.29) is 17.7 Å². The maximum atomic E-state index is 13.5. The summed E-state index contributed by atoms with van der Waals surface area (Å²) >= 11 is 0. The number of para-hydroxylation sites is 1. The standard InChI is InChI=1S/C21H21F3N4O/c1-13(2)16-6-4-5-7-18(16)27-19-17(21(22,23)24)12-25-20(28-19)26-14-8-10-15(29-3)11-9-14/h4-13H,1-3H3,(H2,25,26,27,28). The largest absolute Gasteiger partial charge is 0.497 e. The minimum Gasteiger partial charge on any atom is -0.497 e. The molecule has 0 unspecified atom stereocenters. The molecule has 1 heterocycles. The minimum absolute atomic E-state index is 0.0488. The maximum absolute atomic E-state index is 13.5. The molecule has 0 saturated heterocycles. The summed E-state index contributed by atoms with van der Waals surface area (Å²) in [7, 11) is 1.55. The molecular formula is C21H21F3N4O. The van der Waals surface area contributed by atoms with E-state index in [9.17, 15) is 13.2 Å². The second-order valence-electron chi connectivity index (χ2n) is 6.67. The Balaban J connectivity index is 1.96. The van der Waals surface area contributed by atoms with Crippen LogP contribution in [0.2, 0.25) is 0 Å². The van der Waals surface area contributed by atoms with Gasteiger partial charge in [-0.05, 0) is 41.8 Å². The van der Waals surface area contributed by atoms with Gasteiger partial charge >= 0.3 is 6.18 Å². The third-order valence-electron chi connectivity index (χ3n) is 4.28. The molecule has 29 heavy (non-hydrogen) atoms. The number of ether oxygens (including phenoxy) is 1. The molecule has 0 aliphatic heterocycles. The van der Waals surface area contributed by atoms with Gasteiger partial charge in [0.05, 0.1) is 7.11 Å². The van der Waals surface area contributed by atoms with Crippen LogP contribution in [0.3, 0.4) is 0 Å². The van der Waals surface area contributed by atoms with Gasteiger partial charge in [0.2, 0.25) is 5.95 Å². The normalized spacial score (nSPS) is 11.4. The van der Waals surface area contributed by atoms with Crippen LogP contribution >= 0.6 is 0 Å². The molecule has 0 aliphatic carbocycles. The lowest BCUT2D eigenvalue weighted by Crippen LogP contribution is -2.13. The van der Waals surface area contributed by atoms with Crippen LogP contribution in [0.15, 0.2) is 54.7 Å². The van der Waals surface area contributed by atoms with Crippen LogP contribution in [-0.2, 0) is 6.18 Å². The molecule has 152 valence electrons. The molecule has 0 bridgehead atoms. The molecule has 0 saturated carbocycles. The van der Waals surface area contributed by atoms with Crippen molar-refractivity contribution in [2.45, 2.75) is 25.9 Å². The van der Waals surface area contributed by atoms with Crippen molar-refractivity contribution < 1.29 is 17.9 Å². The van der Waals surface area contributed by atoms with Gasteiger partial charge in [-0.15, -0.1) is 0 Å². The maximum Gasteiger partial charge on any atom is 0.421 e. The van der Waals surface area contributed by atoms with Gasteiger partial charge in [-0.25, -0.2) is 4.98 Å². The fraction of sp³-hybridized carbons (Fsp3) is 0.238. The third-order valence-corrected chi connectivity index (χ3v) is 4.28. The number of halogens is 3. The van der Waals surface area contributed by atoms with E-state index in [2.05, 4.69) is 20.6 Å². The molecule has 8 heteroatoms. The highest BCUT2D eigenvalue weighted by Crippen LogP contribution is 2.36. The summed E-state index contributed by atoms with van der Waals surface area (Å²) in [6, 6.07) is 14.1. The molecule has 0 spiro atoms. The molecule has 2 N–H and O–H groups in total. The Bertz CT molecular complexity index is 972. The molecule has 0 amide bonds. The number of methoxy groups -OCH3 is 1. The van der Waals surface area contributed by atoms with E-state index in [1.54, 1.807) is 43.5 Å². The fourth-order valence-corrected chi connectivity index (χ4v) is 2.79. The van der Waals surface area contributed by atoms with Gasteiger partial charge in [-0.3, -0.25) is 0 Å². The number of benzene rings is 2. The summed E-state index contributed by atoms with van der Waals surface area (Å²) in [5.74, 6) is 0.535. The molecule has 0 fully saturated rings. The summed E-state index contributed by atoms with van der Waals surface area (Å²) in [6.45, 7) is 3.95. The third kappa shape index (κ3) is 4.96. The lowest BCUT2D eigenvalue weighted by Gasteiger charge is -2.18. The number of nitrogens with zero attached hydrogens (tertiary/aromatic N) is 2. The highest BCUT2D eigenvalue weighted by Gasteiger charge is 2.35. The van der Waals surface area contributed by atoms with Gasteiger partial charge in [0.25, 0.3) is 0 Å². The average molecular weight is 402 g/mol. The van der Waals surface area contributed by atoms with E-state index < -0.39 is 11.7 Å². The second-order valence-corrected chi connectivity index (χ2v) is 6.67. The predicted octanol–water partition coefficient (Wildman–Crippen LogP) is 6.11. The van der Waals surface area contributed by atoms with Crippen molar-refractivity contribution in [1.29, 1.82) is 0 Å². The summed E-state index contributed by atoms with van der Waals surface area (Å²) in [5, 5.41) is 5.75. The van der Waals surface area contributed by atoms with E-state index in [4.69, 9.17) is 4.74 Å². The van der Waals surface area contributed by atoms with E-state index in [1.807, 2.05) is 26.0 Å². The van der Waals surface area contributed by atoms with Crippen LogP contribution in [0.1, 0.15) is 30.9 Å². The molecule has 3 rings (SSSR count). The van der Waals surface area contributed by atoms with Gasteiger partial charge < -0.3 is 15.4 Å². The number of hydrogen-bond donors (Lipinski definition) is 2. The van der Waals surface area contributed by atoms with Crippen molar-refractivity contribution in [2.24, 2.45) is 0 Å². The molecule has 0 atom stereocenters. The first-order chi connectivity index (χ1) is 13.8. The van der Waals surface area contributed by atoms with Gasteiger partial charge in [-0.2, -0.15) is 18.2 Å². The van der Waals surface area contributed by atoms with Crippen LogP contribution < -0.4 is 15.4 Å². The number of alkyl halides is 3. The molecule has 0 aliphatic rings. The van der Waals surface area contributed by atoms with E-state index >= 15 is 0 Å². The van der Waals surface area contributed by atoms with Crippen molar-refractivity contribution in [1.82, 2.24) is 9.97 Å². The summed E-state index contributed by atoms with van der Waals surface area (Å²) in [6.07, 6.45) is -3.81. The SMILES string of the molecule is COc1ccc(Nc2ncc(C(F)(F)F)c(Nc3ccccc3C(C)C)n2)cc1. The van der Waals surface area contributed by atoms with Crippen molar-refractivity contribution >= 4 is 23.1 Å². The van der Waals surface area contributed by atoms with Gasteiger partial charge in [0, 0.05) is 17.6 Å². The number of aromatic nitrogens is 2. The summed E-state index contributed by atoms with van der Waals surface area (Å²) in [4.78, 5) is 7.92. The van der Waals surface area contributed by atoms with E-state index in [0.717, 1.165) is 11.8 Å². The predicted molar refractivity (Wildman–Crippen MR) is 107 cm³/mol. The van der Waals surface area contributed by atoms with Crippen LogP contribution in [0, 0.1) is 0 Å². The van der Waals surface area contributed by atoms with E-state index in [1.165, 1.54) is 0 Å². The first-order valence-corrected chi connectivity index (χ1v) is 8.99. The fourth-order valence-electron chi connectivity index (χ4n) is 2.79. The highest BCUT2D eigenvalue weighted by atomic mass is 19.4. The van der Waals surface area contributed by atoms with Gasteiger partial charge in [0.15, 0.2) is 0 Å². The van der Waals surface area contributed by atoms with Crippen LogP contribution in [-0.4, -0.2) is 17.1 Å². The zero-order valence-electron chi connectivity index (χ0n) is 16.2. The number of anilines is 4. The lowest BCUT2D eigenvalue weighted by atomic mass is 10.0. The number of rotatable bonds is 6. The van der Waals surface area contributed by atoms with Crippen LogP contribution in [0.25, 0.3) is 0 Å². The molecule has 5 nitrogen and oxygen atoms in total. The minimum atomic E-state index is -4.59. The Morgan fingerprint density at radius 3 is 2.28 bits per heavy atom. The Morgan fingerprint density at radius 2 is 1.66 bits per heavy atom. The van der Waals surface area contributed by atoms with Crippen molar-refractivity contribution in [3.8, 4) is 5.75 Å². The Hall–Kier alpha value is -3.29. The monoisotopic (exact) mass is 402 g/mol. The molecule has 1 aromatic heterocycles. The highest BCUT2D eigenvalue weighted by molar-refractivity contribution is 5.66. The first-order valence-electron chi connectivity index (χ1n) is 8.99. The molecule has 0 radical (unpaired) electrons. The Labute approximate surface area is 167 Å². The molecule has 3 aromatic rings. The summed E-state index contributed by atoms with van der Waals surface area (Å²) < 4.78 is 45.6. The topological polar surface area (TPSA) is 59.1 Å². The van der Waals surface area contributed by atoms with Crippen molar-refractivity contribution in [3.05, 3.63) is 65.9 Å². The smallest absolute Gasteiger partial charge is 0.421 e. The Morgan fingerprint density at radius 1 is 0.966 bits per heavy atom. The Kier molecular flexibility index (Phi) is 5.91. The van der Waals surface area contributed by atoms with Crippen molar-refractivity contribution in [2.75, 3.05) is 17.7 Å². The number of hydrogen-bond acceptors (Lipinski definition) is 5. The van der Waals surface area contributed by atoms with Crippen LogP contribution in [0.5, 0.6) is 5.75 Å². The summed E-state index contributed by atoms with van der Waals surface area (Å²) in [5.41, 5.74) is 1.15. The number of nitrogens with one attached hydrogen (secondary N) is 2. The zero-order valence-corrected chi connectivity index (χ0v) is 16.2. The molecule has 2 aromatic carbocycles. The van der Waals surface area contributed by atoms with Crippen LogP contribution in [0.4, 0.5) is 36.3 Å². The van der Waals surface area contributed by atoms with Gasteiger partial charge in [0.1, 0.15) is 17.1 Å². The zero-order chi connectivity index (χ0) is 21.0. The lowest BCUT2D eigenvalue weighted by molar-refractivity contribution is -0.137. The van der Waals surface area contributed by atoms with Gasteiger partial charge in [-0.1, -0.05) is 32.0 Å². The molecular weight excluding hydrogens is 381 g/mol. The van der Waals surface area contributed by atoms with Crippen molar-refractivity contribution in [3.63, 3.8) is 0 Å². The quantitative estimate of drug-likeness (QED) is 0.521. The second kappa shape index (κ2) is 8.38. The average Bonchev–Trinajstić information content (AvgIpc) is 2.68.